The highest BCUT2D eigenvalue weighted by Crippen LogP contribution is 2.23. The van der Waals surface area contributed by atoms with Crippen LogP contribution in [0, 0.1) is 11.8 Å². The van der Waals surface area contributed by atoms with E-state index >= 15 is 0 Å². The van der Waals surface area contributed by atoms with Gasteiger partial charge in [0.25, 0.3) is 11.8 Å². The van der Waals surface area contributed by atoms with Gasteiger partial charge in [0.2, 0.25) is 0 Å². The van der Waals surface area contributed by atoms with E-state index in [1.165, 1.54) is 19.3 Å². The number of nitrogens with zero attached hydrogens (tertiary/aromatic N) is 5. The number of amides is 2. The van der Waals surface area contributed by atoms with Gasteiger partial charge in [-0.3, -0.25) is 9.59 Å². The van der Waals surface area contributed by atoms with E-state index in [9.17, 15) is 9.59 Å². The molecule has 2 aliphatic rings. The van der Waals surface area contributed by atoms with E-state index in [1.54, 1.807) is 4.52 Å². The van der Waals surface area contributed by atoms with Crippen LogP contribution in [-0.2, 0) is 11.2 Å². The van der Waals surface area contributed by atoms with Gasteiger partial charge in [-0.25, -0.2) is 4.52 Å². The Morgan fingerprint density at radius 2 is 1.64 bits per heavy atom. The monoisotopic (exact) mass is 539 g/mol. The summed E-state index contributed by atoms with van der Waals surface area (Å²) in [7, 11) is 0. The van der Waals surface area contributed by atoms with Gasteiger partial charge in [0.05, 0.1) is 18.7 Å². The van der Waals surface area contributed by atoms with Crippen molar-refractivity contribution in [1.82, 2.24) is 24.3 Å². The van der Waals surface area contributed by atoms with Crippen LogP contribution >= 0.6 is 0 Å². The largest absolute Gasteiger partial charge is 0.378 e. The molecule has 216 valence electrons. The van der Waals surface area contributed by atoms with Crippen molar-refractivity contribution in [3.63, 3.8) is 0 Å². The van der Waals surface area contributed by atoms with Gasteiger partial charge in [-0.2, -0.15) is 5.10 Å². The van der Waals surface area contributed by atoms with Crippen molar-refractivity contribution in [3.8, 4) is 0 Å². The molecule has 2 aliphatic heterocycles. The number of pyridine rings is 1. The van der Waals surface area contributed by atoms with Gasteiger partial charge >= 0.3 is 0 Å². The lowest BCUT2D eigenvalue weighted by Crippen LogP contribution is -2.41. The molecular weight excluding hydrogens is 490 g/mol. The minimum absolute atomic E-state index is 0.0293. The van der Waals surface area contributed by atoms with Crippen molar-refractivity contribution in [2.45, 2.75) is 72.6 Å². The van der Waals surface area contributed by atoms with E-state index in [0.29, 0.717) is 49.4 Å². The summed E-state index contributed by atoms with van der Waals surface area (Å²) in [5.41, 5.74) is 3.05. The number of rotatable bonds is 12. The van der Waals surface area contributed by atoms with Crippen molar-refractivity contribution >= 4 is 17.3 Å². The van der Waals surface area contributed by atoms with Crippen LogP contribution < -0.4 is 0 Å². The first kappa shape index (κ1) is 29.5. The molecule has 39 heavy (non-hydrogen) atoms. The second-order valence-corrected chi connectivity index (χ2v) is 12.1. The Bertz CT molecular complexity index is 1070. The van der Waals surface area contributed by atoms with Crippen molar-refractivity contribution < 1.29 is 14.3 Å². The third-order valence-electron chi connectivity index (χ3n) is 8.07. The van der Waals surface area contributed by atoms with Crippen LogP contribution in [-0.4, -0.2) is 95.2 Å². The standard InChI is InChI=1S/C31H49N5O3/c1-24(2)10-16-34(17-11-25(3)4)30(37)26-12-18-36-28(23-26)27(9-8-15-33-13-6-5-7-14-33)29(32-36)31(38)35-19-21-39-22-20-35/h12,18,23-25H,5-11,13-17,19-22H2,1-4H3. The Balaban J connectivity index is 1.61. The van der Waals surface area contributed by atoms with Gasteiger partial charge in [-0.05, 0) is 82.1 Å². The minimum Gasteiger partial charge on any atom is -0.378 e. The zero-order chi connectivity index (χ0) is 27.8. The summed E-state index contributed by atoms with van der Waals surface area (Å²) in [6.07, 6.45) is 9.43. The number of hydrogen-bond donors (Lipinski definition) is 0. The number of aromatic nitrogens is 2. The molecule has 0 unspecified atom stereocenters. The average Bonchev–Trinajstić information content (AvgIpc) is 3.30. The molecule has 0 spiro atoms. The normalized spacial score (nSPS) is 16.9. The molecule has 0 aromatic carbocycles. The predicted octanol–water partition coefficient (Wildman–Crippen LogP) is 4.76. The molecule has 8 nitrogen and oxygen atoms in total. The van der Waals surface area contributed by atoms with E-state index in [0.717, 1.165) is 69.5 Å². The number of fused-ring (bicyclic) bond motifs is 1. The number of piperidine rings is 1. The van der Waals surface area contributed by atoms with Crippen molar-refractivity contribution in [1.29, 1.82) is 0 Å². The molecule has 2 fully saturated rings. The maximum absolute atomic E-state index is 13.7. The van der Waals surface area contributed by atoms with Gasteiger partial charge in [0.15, 0.2) is 5.69 Å². The summed E-state index contributed by atoms with van der Waals surface area (Å²) in [4.78, 5) is 33.7. The van der Waals surface area contributed by atoms with Crippen LogP contribution in [0.15, 0.2) is 18.3 Å². The molecule has 4 rings (SSSR count). The Kier molecular flexibility index (Phi) is 10.8. The molecule has 8 heteroatoms. The molecule has 0 N–H and O–H groups in total. The van der Waals surface area contributed by atoms with Crippen molar-refractivity contribution in [2.24, 2.45) is 11.8 Å². The lowest BCUT2D eigenvalue weighted by molar-refractivity contribution is 0.0298. The highest BCUT2D eigenvalue weighted by molar-refractivity contribution is 5.98. The van der Waals surface area contributed by atoms with Crippen LogP contribution in [0.2, 0.25) is 0 Å². The molecule has 2 aromatic rings. The third kappa shape index (κ3) is 8.04. The molecule has 2 aromatic heterocycles. The van der Waals surface area contributed by atoms with Crippen molar-refractivity contribution in [3.05, 3.63) is 35.2 Å². The zero-order valence-electron chi connectivity index (χ0n) is 24.7. The molecule has 0 bridgehead atoms. The zero-order valence-corrected chi connectivity index (χ0v) is 24.7. The molecular formula is C31H49N5O3. The summed E-state index contributed by atoms with van der Waals surface area (Å²) >= 11 is 0. The van der Waals surface area contributed by atoms with Crippen LogP contribution in [0.4, 0.5) is 0 Å². The second kappa shape index (κ2) is 14.3. The number of hydrogen-bond acceptors (Lipinski definition) is 5. The van der Waals surface area contributed by atoms with Crippen LogP contribution in [0.5, 0.6) is 0 Å². The van der Waals surface area contributed by atoms with Crippen LogP contribution in [0.1, 0.15) is 92.6 Å². The van der Waals surface area contributed by atoms with Gasteiger partial charge < -0.3 is 19.4 Å². The molecule has 0 atom stereocenters. The second-order valence-electron chi connectivity index (χ2n) is 12.1. The molecule has 0 radical (unpaired) electrons. The topological polar surface area (TPSA) is 70.4 Å². The van der Waals surface area contributed by atoms with Gasteiger partial charge in [0.1, 0.15) is 0 Å². The summed E-state index contributed by atoms with van der Waals surface area (Å²) in [5.74, 6) is 1.12. The Morgan fingerprint density at radius 1 is 0.974 bits per heavy atom. The third-order valence-corrected chi connectivity index (χ3v) is 8.07. The number of ether oxygens (including phenoxy) is 1. The fourth-order valence-electron chi connectivity index (χ4n) is 5.55. The number of carbonyl (C=O) groups excluding carboxylic acids is 2. The molecule has 0 aliphatic carbocycles. The highest BCUT2D eigenvalue weighted by Gasteiger charge is 2.27. The molecule has 4 heterocycles. The van der Waals surface area contributed by atoms with Gasteiger partial charge in [-0.1, -0.05) is 34.1 Å². The SMILES string of the molecule is CC(C)CCN(CCC(C)C)C(=O)c1ccn2nc(C(=O)N3CCOCC3)c(CCCN3CCCCC3)c2c1. The van der Waals surface area contributed by atoms with E-state index in [-0.39, 0.29) is 11.8 Å². The summed E-state index contributed by atoms with van der Waals surface area (Å²) in [5, 5.41) is 4.76. The number of aryl methyl sites for hydroxylation is 1. The van der Waals surface area contributed by atoms with Crippen molar-refractivity contribution in [2.75, 3.05) is 59.0 Å². The first-order valence-electron chi connectivity index (χ1n) is 15.2. The van der Waals surface area contributed by atoms with E-state index in [1.807, 2.05) is 28.1 Å². The van der Waals surface area contributed by atoms with E-state index < -0.39 is 0 Å². The Labute approximate surface area is 234 Å². The summed E-state index contributed by atoms with van der Waals surface area (Å²) < 4.78 is 7.27. The fraction of sp³-hybridized carbons (Fsp3) is 0.710. The van der Waals surface area contributed by atoms with Crippen LogP contribution in [0.3, 0.4) is 0 Å². The molecule has 2 saturated heterocycles. The Morgan fingerprint density at radius 3 is 2.28 bits per heavy atom. The van der Waals surface area contributed by atoms with Gasteiger partial charge in [-0.15, -0.1) is 0 Å². The van der Waals surface area contributed by atoms with Gasteiger partial charge in [0, 0.05) is 43.5 Å². The summed E-state index contributed by atoms with van der Waals surface area (Å²) in [6, 6.07) is 3.83. The maximum atomic E-state index is 13.7. The lowest BCUT2D eigenvalue weighted by Gasteiger charge is -2.27. The predicted molar refractivity (Wildman–Crippen MR) is 155 cm³/mol. The first-order valence-corrected chi connectivity index (χ1v) is 15.2. The summed E-state index contributed by atoms with van der Waals surface area (Å²) in [6.45, 7) is 16.0. The number of likely N-dealkylation sites (tertiary alicyclic amines) is 1. The first-order chi connectivity index (χ1) is 18.8. The average molecular weight is 540 g/mol. The fourth-order valence-corrected chi connectivity index (χ4v) is 5.55. The molecule has 0 saturated carbocycles. The lowest BCUT2D eigenvalue weighted by atomic mass is 10.0. The number of carbonyl (C=O) groups is 2. The van der Waals surface area contributed by atoms with Crippen LogP contribution in [0.25, 0.3) is 5.52 Å². The Hall–Kier alpha value is -2.45. The maximum Gasteiger partial charge on any atom is 0.274 e. The minimum atomic E-state index is -0.0293. The highest BCUT2D eigenvalue weighted by atomic mass is 16.5. The quantitative estimate of drug-likeness (QED) is 0.389. The molecule has 2 amide bonds. The van der Waals surface area contributed by atoms with E-state index in [4.69, 9.17) is 9.84 Å². The number of morpholine rings is 1. The van der Waals surface area contributed by atoms with E-state index in [2.05, 4.69) is 32.6 Å². The smallest absolute Gasteiger partial charge is 0.274 e.